The molecule has 0 aromatic heterocycles. The molecule has 0 aromatic rings. The van der Waals surface area contributed by atoms with Gasteiger partial charge in [-0.05, 0) is 12.8 Å². The molecule has 2 aliphatic rings. The zero-order valence-corrected chi connectivity index (χ0v) is 10.3. The van der Waals surface area contributed by atoms with Gasteiger partial charge >= 0.3 is 0 Å². The van der Waals surface area contributed by atoms with E-state index in [9.17, 15) is 9.90 Å². The van der Waals surface area contributed by atoms with Crippen LogP contribution < -0.4 is 5.32 Å². The van der Waals surface area contributed by atoms with Crippen LogP contribution in [0.3, 0.4) is 0 Å². The van der Waals surface area contributed by atoms with Crippen LogP contribution in [0.25, 0.3) is 0 Å². The number of hydrogen-bond acceptors (Lipinski definition) is 4. The Labute approximate surface area is 102 Å². The second-order valence-electron chi connectivity index (χ2n) is 5.10. The summed E-state index contributed by atoms with van der Waals surface area (Å²) in [5, 5.41) is 12.9. The lowest BCUT2D eigenvalue weighted by Crippen LogP contribution is -2.47. The Hall–Kier alpha value is -0.650. The first-order valence-corrected chi connectivity index (χ1v) is 6.47. The number of amides is 1. The Balaban J connectivity index is 1.66. The molecule has 0 bridgehead atoms. The lowest BCUT2D eigenvalue weighted by molar-refractivity contribution is -0.124. The molecule has 2 N–H and O–H groups in total. The van der Waals surface area contributed by atoms with Crippen LogP contribution in [0.1, 0.15) is 25.7 Å². The van der Waals surface area contributed by atoms with Crippen molar-refractivity contribution in [1.82, 2.24) is 10.2 Å². The summed E-state index contributed by atoms with van der Waals surface area (Å²) in [4.78, 5) is 13.8. The largest absolute Gasteiger partial charge is 0.388 e. The fourth-order valence-corrected chi connectivity index (χ4v) is 2.49. The number of ether oxygens (including phenoxy) is 1. The Kier molecular flexibility index (Phi) is 4.36. The van der Waals surface area contributed by atoms with Gasteiger partial charge in [-0.2, -0.15) is 0 Å². The van der Waals surface area contributed by atoms with E-state index in [1.807, 2.05) is 0 Å². The molecule has 0 aromatic carbocycles. The fourth-order valence-electron chi connectivity index (χ4n) is 2.49. The van der Waals surface area contributed by atoms with E-state index in [1.165, 1.54) is 0 Å². The highest BCUT2D eigenvalue weighted by Crippen LogP contribution is 2.28. The molecule has 0 atom stereocenters. The first-order valence-electron chi connectivity index (χ1n) is 6.47. The van der Waals surface area contributed by atoms with Crippen molar-refractivity contribution in [3.05, 3.63) is 0 Å². The molecule has 1 amide bonds. The zero-order chi connectivity index (χ0) is 12.1. The van der Waals surface area contributed by atoms with Crippen molar-refractivity contribution in [2.24, 2.45) is 0 Å². The molecular weight excluding hydrogens is 220 g/mol. The molecule has 0 spiro atoms. The van der Waals surface area contributed by atoms with Gasteiger partial charge in [0.2, 0.25) is 5.91 Å². The number of aliphatic hydroxyl groups is 1. The van der Waals surface area contributed by atoms with Crippen molar-refractivity contribution in [1.29, 1.82) is 0 Å². The molecule has 5 heteroatoms. The molecule has 5 nitrogen and oxygen atoms in total. The predicted octanol–water partition coefficient (Wildman–Crippen LogP) is -0.260. The molecule has 1 aliphatic carbocycles. The van der Waals surface area contributed by atoms with Crippen LogP contribution in [0.5, 0.6) is 0 Å². The number of nitrogens with zero attached hydrogens (tertiary/aromatic N) is 1. The van der Waals surface area contributed by atoms with Gasteiger partial charge in [0.05, 0.1) is 25.4 Å². The lowest BCUT2D eigenvalue weighted by Gasteiger charge is -2.27. The first kappa shape index (κ1) is 12.8. The minimum absolute atomic E-state index is 0.00669. The maximum atomic E-state index is 11.7. The second-order valence-corrected chi connectivity index (χ2v) is 5.10. The third-order valence-electron chi connectivity index (χ3n) is 3.62. The van der Waals surface area contributed by atoms with Gasteiger partial charge in [0.25, 0.3) is 0 Å². The molecule has 0 radical (unpaired) electrons. The maximum absolute atomic E-state index is 11.7. The summed E-state index contributed by atoms with van der Waals surface area (Å²) in [7, 11) is 0. The van der Waals surface area contributed by atoms with Gasteiger partial charge in [0, 0.05) is 19.6 Å². The van der Waals surface area contributed by atoms with Crippen LogP contribution >= 0.6 is 0 Å². The normalized spacial score (nSPS) is 24.8. The van der Waals surface area contributed by atoms with Crippen LogP contribution in [0.4, 0.5) is 0 Å². The van der Waals surface area contributed by atoms with Crippen LogP contribution in [-0.4, -0.2) is 60.9 Å². The summed E-state index contributed by atoms with van der Waals surface area (Å²) in [6.07, 6.45) is 3.75. The standard InChI is InChI=1S/C12H22N2O3/c15-11(9-14-5-7-17-8-6-14)13-10-12(16)3-1-2-4-12/h16H,1-10H2,(H,13,15). The van der Waals surface area contributed by atoms with E-state index in [0.717, 1.165) is 38.8 Å². The topological polar surface area (TPSA) is 61.8 Å². The number of morpholine rings is 1. The van der Waals surface area contributed by atoms with Crippen molar-refractivity contribution in [2.75, 3.05) is 39.4 Å². The van der Waals surface area contributed by atoms with E-state index in [1.54, 1.807) is 0 Å². The van der Waals surface area contributed by atoms with Crippen molar-refractivity contribution >= 4 is 5.91 Å². The Bertz CT molecular complexity index is 258. The molecular formula is C12H22N2O3. The summed E-state index contributed by atoms with van der Waals surface area (Å²) in [5.74, 6) is 0.00669. The van der Waals surface area contributed by atoms with Gasteiger partial charge in [0.15, 0.2) is 0 Å². The number of nitrogens with one attached hydrogen (secondary N) is 1. The Morgan fingerprint density at radius 3 is 2.59 bits per heavy atom. The molecule has 1 heterocycles. The van der Waals surface area contributed by atoms with Crippen molar-refractivity contribution in [2.45, 2.75) is 31.3 Å². The summed E-state index contributed by atoms with van der Waals surface area (Å²) in [5.41, 5.74) is -0.652. The molecule has 1 aliphatic heterocycles. The third-order valence-corrected chi connectivity index (χ3v) is 3.62. The van der Waals surface area contributed by atoms with E-state index >= 15 is 0 Å². The predicted molar refractivity (Wildman–Crippen MR) is 63.7 cm³/mol. The average Bonchev–Trinajstić information content (AvgIpc) is 2.76. The Morgan fingerprint density at radius 2 is 1.94 bits per heavy atom. The number of hydrogen-bond donors (Lipinski definition) is 2. The number of carbonyl (C=O) groups is 1. The lowest BCUT2D eigenvalue weighted by atomic mass is 10.0. The molecule has 0 unspecified atom stereocenters. The Morgan fingerprint density at radius 1 is 1.29 bits per heavy atom. The van der Waals surface area contributed by atoms with E-state index in [2.05, 4.69) is 10.2 Å². The molecule has 1 saturated carbocycles. The summed E-state index contributed by atoms with van der Waals surface area (Å²) in [6, 6.07) is 0. The quantitative estimate of drug-likeness (QED) is 0.713. The monoisotopic (exact) mass is 242 g/mol. The number of carbonyl (C=O) groups excluding carboxylic acids is 1. The van der Waals surface area contributed by atoms with E-state index in [-0.39, 0.29) is 5.91 Å². The highest BCUT2D eigenvalue weighted by Gasteiger charge is 2.31. The van der Waals surface area contributed by atoms with Gasteiger partial charge in [-0.1, -0.05) is 12.8 Å². The van der Waals surface area contributed by atoms with Gasteiger partial charge in [-0.15, -0.1) is 0 Å². The van der Waals surface area contributed by atoms with Gasteiger partial charge in [0.1, 0.15) is 0 Å². The maximum Gasteiger partial charge on any atom is 0.234 e. The van der Waals surface area contributed by atoms with E-state index in [4.69, 9.17) is 4.74 Å². The van der Waals surface area contributed by atoms with Gasteiger partial charge in [-0.3, -0.25) is 9.69 Å². The highest BCUT2D eigenvalue weighted by atomic mass is 16.5. The minimum Gasteiger partial charge on any atom is -0.388 e. The zero-order valence-electron chi connectivity index (χ0n) is 10.3. The molecule has 1 saturated heterocycles. The SMILES string of the molecule is O=C(CN1CCOCC1)NCC1(O)CCCC1. The van der Waals surface area contributed by atoms with Crippen molar-refractivity contribution in [3.63, 3.8) is 0 Å². The smallest absolute Gasteiger partial charge is 0.234 e. The molecule has 2 rings (SSSR count). The highest BCUT2D eigenvalue weighted by molar-refractivity contribution is 5.78. The minimum atomic E-state index is -0.652. The van der Waals surface area contributed by atoms with Crippen LogP contribution in [-0.2, 0) is 9.53 Å². The van der Waals surface area contributed by atoms with Gasteiger partial charge in [-0.25, -0.2) is 0 Å². The third kappa shape index (κ3) is 3.94. The molecule has 17 heavy (non-hydrogen) atoms. The summed E-state index contributed by atoms with van der Waals surface area (Å²) < 4.78 is 5.23. The van der Waals surface area contributed by atoms with Crippen LogP contribution in [0.15, 0.2) is 0 Å². The second kappa shape index (κ2) is 5.80. The number of rotatable bonds is 4. The first-order chi connectivity index (χ1) is 8.18. The van der Waals surface area contributed by atoms with Crippen LogP contribution in [0.2, 0.25) is 0 Å². The molecule has 98 valence electrons. The molecule has 2 fully saturated rings. The van der Waals surface area contributed by atoms with Crippen LogP contribution in [0, 0.1) is 0 Å². The van der Waals surface area contributed by atoms with E-state index in [0.29, 0.717) is 26.3 Å². The average molecular weight is 242 g/mol. The summed E-state index contributed by atoms with van der Waals surface area (Å²) >= 11 is 0. The summed E-state index contributed by atoms with van der Waals surface area (Å²) in [6.45, 7) is 3.86. The van der Waals surface area contributed by atoms with Gasteiger partial charge < -0.3 is 15.2 Å². The van der Waals surface area contributed by atoms with E-state index < -0.39 is 5.60 Å². The van der Waals surface area contributed by atoms with Crippen molar-refractivity contribution < 1.29 is 14.6 Å². The fraction of sp³-hybridized carbons (Fsp3) is 0.917. The van der Waals surface area contributed by atoms with Crippen molar-refractivity contribution in [3.8, 4) is 0 Å².